The van der Waals surface area contributed by atoms with Gasteiger partial charge in [0, 0.05) is 38.8 Å². The second-order valence-corrected chi connectivity index (χ2v) is 8.09. The molecule has 1 heterocycles. The van der Waals surface area contributed by atoms with Crippen LogP contribution in [0.1, 0.15) is 37.8 Å². The highest BCUT2D eigenvalue weighted by Crippen LogP contribution is 2.17. The fourth-order valence-electron chi connectivity index (χ4n) is 4.00. The summed E-state index contributed by atoms with van der Waals surface area (Å²) in [5, 5.41) is 2.98. The normalized spacial score (nSPS) is 17.8. The van der Waals surface area contributed by atoms with Crippen molar-refractivity contribution in [1.82, 2.24) is 15.1 Å². The fraction of sp³-hybridized carbons (Fsp3) is 0.480. The topological polar surface area (TPSA) is 44.8 Å². The number of nitrogens with one attached hydrogen (secondary N) is 1. The summed E-state index contributed by atoms with van der Waals surface area (Å²) < 4.78 is 5.66. The van der Waals surface area contributed by atoms with E-state index in [2.05, 4.69) is 83.6 Å². The van der Waals surface area contributed by atoms with Gasteiger partial charge in [0.25, 0.3) is 0 Å². The monoisotopic (exact) mass is 409 g/mol. The Morgan fingerprint density at radius 2 is 1.57 bits per heavy atom. The number of carbonyl (C=O) groups excluding carboxylic acids is 1. The van der Waals surface area contributed by atoms with E-state index in [0.29, 0.717) is 6.61 Å². The number of hydrogen-bond donors (Lipinski definition) is 1. The lowest BCUT2D eigenvalue weighted by Crippen LogP contribution is -2.54. The van der Waals surface area contributed by atoms with Crippen LogP contribution in [-0.2, 0) is 17.8 Å². The first-order valence-electron chi connectivity index (χ1n) is 11.2. The number of carbonyl (C=O) groups is 1. The number of ether oxygens (including phenoxy) is 1. The highest BCUT2D eigenvalue weighted by atomic mass is 16.5. The van der Waals surface area contributed by atoms with Gasteiger partial charge in [-0.1, -0.05) is 74.5 Å². The van der Waals surface area contributed by atoms with Crippen LogP contribution in [0.2, 0.25) is 0 Å². The van der Waals surface area contributed by atoms with Gasteiger partial charge in [0.15, 0.2) is 0 Å². The van der Waals surface area contributed by atoms with Crippen molar-refractivity contribution in [3.8, 4) is 0 Å². The second kappa shape index (κ2) is 11.7. The standard InChI is InChI=1S/C25H35N3O2/c1-3-23(4-2)26-25(29)30-20-24-19-27(17-21-11-7-5-8-12-21)15-16-28(24)18-22-13-9-6-10-14-22/h5-14,23-24H,3-4,15-20H2,1-2H3,(H,26,29). The molecule has 30 heavy (non-hydrogen) atoms. The molecule has 5 heteroatoms. The fourth-order valence-corrected chi connectivity index (χ4v) is 4.00. The molecule has 1 unspecified atom stereocenters. The Morgan fingerprint density at radius 1 is 0.967 bits per heavy atom. The van der Waals surface area contributed by atoms with Crippen molar-refractivity contribution < 1.29 is 9.53 Å². The molecule has 1 amide bonds. The SMILES string of the molecule is CCC(CC)NC(=O)OCC1CN(Cc2ccccc2)CCN1Cc1ccccc1. The van der Waals surface area contributed by atoms with Crippen LogP contribution in [0.25, 0.3) is 0 Å². The molecule has 5 nitrogen and oxygen atoms in total. The summed E-state index contributed by atoms with van der Waals surface area (Å²) in [5.74, 6) is 0. The van der Waals surface area contributed by atoms with Gasteiger partial charge in [-0.3, -0.25) is 9.80 Å². The van der Waals surface area contributed by atoms with Gasteiger partial charge in [0.05, 0.1) is 6.04 Å². The quantitative estimate of drug-likeness (QED) is 0.671. The summed E-state index contributed by atoms with van der Waals surface area (Å²) in [7, 11) is 0. The average molecular weight is 410 g/mol. The molecule has 1 saturated heterocycles. The molecule has 0 radical (unpaired) electrons. The van der Waals surface area contributed by atoms with Gasteiger partial charge >= 0.3 is 6.09 Å². The molecule has 1 atom stereocenters. The van der Waals surface area contributed by atoms with Crippen LogP contribution in [0.4, 0.5) is 4.79 Å². The van der Waals surface area contributed by atoms with Crippen LogP contribution in [0.5, 0.6) is 0 Å². The van der Waals surface area contributed by atoms with E-state index in [1.807, 2.05) is 6.07 Å². The predicted octanol–water partition coefficient (Wildman–Crippen LogP) is 4.29. The Labute approximate surface area is 181 Å². The zero-order valence-corrected chi connectivity index (χ0v) is 18.3. The van der Waals surface area contributed by atoms with Crippen LogP contribution in [0.3, 0.4) is 0 Å². The molecule has 0 aromatic heterocycles. The maximum atomic E-state index is 12.3. The number of nitrogens with zero attached hydrogens (tertiary/aromatic N) is 2. The Balaban J connectivity index is 1.61. The largest absolute Gasteiger partial charge is 0.448 e. The molecule has 0 saturated carbocycles. The summed E-state index contributed by atoms with van der Waals surface area (Å²) in [6.45, 7) is 9.24. The molecule has 0 spiro atoms. The summed E-state index contributed by atoms with van der Waals surface area (Å²) >= 11 is 0. The van der Waals surface area contributed by atoms with E-state index < -0.39 is 0 Å². The first-order chi connectivity index (χ1) is 14.7. The van der Waals surface area contributed by atoms with Gasteiger partial charge in [-0.15, -0.1) is 0 Å². The Hall–Kier alpha value is -2.37. The van der Waals surface area contributed by atoms with Crippen molar-refractivity contribution in [2.75, 3.05) is 26.2 Å². The van der Waals surface area contributed by atoms with Crippen LogP contribution in [-0.4, -0.2) is 54.2 Å². The Morgan fingerprint density at radius 3 is 2.17 bits per heavy atom. The third-order valence-corrected chi connectivity index (χ3v) is 5.88. The van der Waals surface area contributed by atoms with E-state index in [4.69, 9.17) is 4.74 Å². The third-order valence-electron chi connectivity index (χ3n) is 5.88. The lowest BCUT2D eigenvalue weighted by Gasteiger charge is -2.41. The summed E-state index contributed by atoms with van der Waals surface area (Å²) in [6.07, 6.45) is 1.53. The van der Waals surface area contributed by atoms with Crippen LogP contribution < -0.4 is 5.32 Å². The second-order valence-electron chi connectivity index (χ2n) is 8.09. The van der Waals surface area contributed by atoms with E-state index in [9.17, 15) is 4.79 Å². The molecule has 1 aliphatic rings. The maximum Gasteiger partial charge on any atom is 0.407 e. The van der Waals surface area contributed by atoms with Crippen molar-refractivity contribution in [3.63, 3.8) is 0 Å². The Kier molecular flexibility index (Phi) is 8.72. The van der Waals surface area contributed by atoms with Crippen LogP contribution >= 0.6 is 0 Å². The first kappa shape index (κ1) is 22.3. The molecule has 0 aliphatic carbocycles. The van der Waals surface area contributed by atoms with Gasteiger partial charge < -0.3 is 10.1 Å². The average Bonchev–Trinajstić information content (AvgIpc) is 2.79. The third kappa shape index (κ3) is 6.85. The minimum atomic E-state index is -0.302. The van der Waals surface area contributed by atoms with E-state index in [1.165, 1.54) is 11.1 Å². The molecule has 2 aromatic rings. The lowest BCUT2D eigenvalue weighted by molar-refractivity contribution is 0.0226. The van der Waals surface area contributed by atoms with Gasteiger partial charge in [0.2, 0.25) is 0 Å². The Bertz CT molecular complexity index is 750. The molecule has 1 N–H and O–H groups in total. The molecule has 162 valence electrons. The minimum Gasteiger partial charge on any atom is -0.448 e. The smallest absolute Gasteiger partial charge is 0.407 e. The molecular formula is C25H35N3O2. The molecule has 3 rings (SSSR count). The first-order valence-corrected chi connectivity index (χ1v) is 11.2. The van der Waals surface area contributed by atoms with Crippen LogP contribution in [0, 0.1) is 0 Å². The summed E-state index contributed by atoms with van der Waals surface area (Å²) in [4.78, 5) is 17.2. The highest BCUT2D eigenvalue weighted by Gasteiger charge is 2.28. The number of benzene rings is 2. The number of alkyl carbamates (subject to hydrolysis) is 1. The molecule has 2 aromatic carbocycles. The van der Waals surface area contributed by atoms with Crippen molar-refractivity contribution >= 4 is 6.09 Å². The van der Waals surface area contributed by atoms with Gasteiger partial charge in [-0.2, -0.15) is 0 Å². The van der Waals surface area contributed by atoms with E-state index in [0.717, 1.165) is 45.6 Å². The minimum absolute atomic E-state index is 0.176. The van der Waals surface area contributed by atoms with Crippen molar-refractivity contribution in [2.24, 2.45) is 0 Å². The van der Waals surface area contributed by atoms with Gasteiger partial charge in [0.1, 0.15) is 6.61 Å². The molecule has 1 fully saturated rings. The number of rotatable bonds is 9. The lowest BCUT2D eigenvalue weighted by atomic mass is 10.1. The zero-order chi connectivity index (χ0) is 21.2. The van der Waals surface area contributed by atoms with Gasteiger partial charge in [-0.25, -0.2) is 4.79 Å². The number of amides is 1. The van der Waals surface area contributed by atoms with Crippen molar-refractivity contribution in [1.29, 1.82) is 0 Å². The summed E-state index contributed by atoms with van der Waals surface area (Å²) in [6, 6.07) is 21.5. The summed E-state index contributed by atoms with van der Waals surface area (Å²) in [5.41, 5.74) is 2.61. The predicted molar refractivity (Wildman–Crippen MR) is 121 cm³/mol. The maximum absolute atomic E-state index is 12.3. The van der Waals surface area contributed by atoms with Crippen molar-refractivity contribution in [3.05, 3.63) is 71.8 Å². The molecular weight excluding hydrogens is 374 g/mol. The number of piperazine rings is 1. The van der Waals surface area contributed by atoms with E-state index >= 15 is 0 Å². The van der Waals surface area contributed by atoms with Gasteiger partial charge in [-0.05, 0) is 24.0 Å². The number of hydrogen-bond acceptors (Lipinski definition) is 4. The van der Waals surface area contributed by atoms with Crippen LogP contribution in [0.15, 0.2) is 60.7 Å². The molecule has 0 bridgehead atoms. The van der Waals surface area contributed by atoms with E-state index in [1.54, 1.807) is 0 Å². The van der Waals surface area contributed by atoms with E-state index in [-0.39, 0.29) is 18.2 Å². The van der Waals surface area contributed by atoms with Crippen molar-refractivity contribution in [2.45, 2.75) is 51.9 Å². The highest BCUT2D eigenvalue weighted by molar-refractivity contribution is 5.67. The zero-order valence-electron chi connectivity index (χ0n) is 18.3. The molecule has 1 aliphatic heterocycles.